The molecule has 0 radical (unpaired) electrons. The molecule has 1 aromatic carbocycles. The van der Waals surface area contributed by atoms with Gasteiger partial charge in [0.2, 0.25) is 0 Å². The van der Waals surface area contributed by atoms with E-state index < -0.39 is 0 Å². The van der Waals surface area contributed by atoms with Crippen molar-refractivity contribution in [3.8, 4) is 0 Å². The van der Waals surface area contributed by atoms with Gasteiger partial charge in [0.1, 0.15) is 5.82 Å². The molecule has 2 aromatic rings. The molecule has 0 bridgehead atoms. The van der Waals surface area contributed by atoms with E-state index >= 15 is 0 Å². The Balaban J connectivity index is 2.44. The smallest absolute Gasteiger partial charge is 0.128 e. The monoisotopic (exact) mass is 291 g/mol. The van der Waals surface area contributed by atoms with Crippen molar-refractivity contribution >= 4 is 11.3 Å². The topological polar surface area (TPSA) is 12.0 Å². The highest BCUT2D eigenvalue weighted by atomic mass is 32.1. The lowest BCUT2D eigenvalue weighted by Crippen LogP contribution is -2.24. The van der Waals surface area contributed by atoms with Crippen molar-refractivity contribution in [2.24, 2.45) is 0 Å². The summed E-state index contributed by atoms with van der Waals surface area (Å²) in [6, 6.07) is 7.63. The van der Waals surface area contributed by atoms with Gasteiger partial charge in [-0.25, -0.2) is 4.39 Å². The maximum absolute atomic E-state index is 14.3. The van der Waals surface area contributed by atoms with Crippen molar-refractivity contribution in [2.75, 3.05) is 6.54 Å². The van der Waals surface area contributed by atoms with Crippen LogP contribution in [-0.4, -0.2) is 6.54 Å². The Labute approximate surface area is 124 Å². The van der Waals surface area contributed by atoms with Crippen LogP contribution in [0.3, 0.4) is 0 Å². The summed E-state index contributed by atoms with van der Waals surface area (Å²) in [5, 5.41) is 3.49. The molecule has 1 nitrogen and oxygen atoms in total. The Kier molecular flexibility index (Phi) is 4.95. The maximum Gasteiger partial charge on any atom is 0.128 e. The van der Waals surface area contributed by atoms with E-state index in [-0.39, 0.29) is 11.9 Å². The zero-order chi connectivity index (χ0) is 14.7. The summed E-state index contributed by atoms with van der Waals surface area (Å²) < 4.78 is 14.3. The highest BCUT2D eigenvalue weighted by Gasteiger charge is 2.20. The molecule has 0 aliphatic rings. The third kappa shape index (κ3) is 3.28. The molecule has 0 saturated heterocycles. The quantitative estimate of drug-likeness (QED) is 0.826. The summed E-state index contributed by atoms with van der Waals surface area (Å²) in [6.45, 7) is 9.13. The number of halogens is 1. The lowest BCUT2D eigenvalue weighted by molar-refractivity contribution is 0.549. The van der Waals surface area contributed by atoms with Gasteiger partial charge < -0.3 is 5.32 Å². The minimum Gasteiger partial charge on any atom is -0.306 e. The standard InChI is InChI=1S/C17H22FNS/c1-5-8-19-16(17-12(3)10-13(4)20-17)14-7-6-11(2)9-15(14)18/h6-7,9-10,16,19H,5,8H2,1-4H3. The van der Waals surface area contributed by atoms with Gasteiger partial charge in [-0.1, -0.05) is 19.1 Å². The Hall–Kier alpha value is -1.19. The number of rotatable bonds is 5. The van der Waals surface area contributed by atoms with Crippen LogP contribution in [0.1, 0.15) is 45.8 Å². The summed E-state index contributed by atoms with van der Waals surface area (Å²) in [5.74, 6) is -0.121. The van der Waals surface area contributed by atoms with Crippen LogP contribution in [0.25, 0.3) is 0 Å². The Morgan fingerprint density at radius 1 is 1.20 bits per heavy atom. The van der Waals surface area contributed by atoms with E-state index in [0.29, 0.717) is 0 Å². The second-order valence-corrected chi connectivity index (χ2v) is 6.60. The third-order valence-corrected chi connectivity index (χ3v) is 4.62. The molecule has 1 heterocycles. The first-order valence-electron chi connectivity index (χ1n) is 7.09. The first-order valence-corrected chi connectivity index (χ1v) is 7.91. The van der Waals surface area contributed by atoms with Crippen LogP contribution in [-0.2, 0) is 0 Å². The van der Waals surface area contributed by atoms with Crippen LogP contribution in [0.2, 0.25) is 0 Å². The van der Waals surface area contributed by atoms with E-state index in [1.54, 1.807) is 17.4 Å². The van der Waals surface area contributed by atoms with E-state index in [4.69, 9.17) is 0 Å². The molecule has 108 valence electrons. The van der Waals surface area contributed by atoms with Gasteiger partial charge in [-0.2, -0.15) is 0 Å². The van der Waals surface area contributed by atoms with Gasteiger partial charge in [-0.05, 0) is 57.0 Å². The minimum atomic E-state index is -0.121. The lowest BCUT2D eigenvalue weighted by Gasteiger charge is -2.20. The van der Waals surface area contributed by atoms with Crippen molar-refractivity contribution in [3.63, 3.8) is 0 Å². The molecule has 1 atom stereocenters. The van der Waals surface area contributed by atoms with Crippen molar-refractivity contribution in [1.29, 1.82) is 0 Å². The van der Waals surface area contributed by atoms with Crippen LogP contribution >= 0.6 is 11.3 Å². The molecule has 0 aliphatic heterocycles. The van der Waals surface area contributed by atoms with Gasteiger partial charge in [0.25, 0.3) is 0 Å². The zero-order valence-corrected chi connectivity index (χ0v) is 13.4. The average molecular weight is 291 g/mol. The van der Waals surface area contributed by atoms with Crippen molar-refractivity contribution in [2.45, 2.75) is 40.2 Å². The number of hydrogen-bond acceptors (Lipinski definition) is 2. The molecule has 0 spiro atoms. The fourth-order valence-electron chi connectivity index (χ4n) is 2.44. The van der Waals surface area contributed by atoms with Crippen LogP contribution in [0, 0.1) is 26.6 Å². The fourth-order valence-corrected chi connectivity index (χ4v) is 3.58. The van der Waals surface area contributed by atoms with E-state index in [2.05, 4.69) is 32.2 Å². The van der Waals surface area contributed by atoms with E-state index in [1.165, 1.54) is 15.3 Å². The second-order valence-electron chi connectivity index (χ2n) is 5.32. The van der Waals surface area contributed by atoms with E-state index in [0.717, 1.165) is 24.1 Å². The molecule has 20 heavy (non-hydrogen) atoms. The second kappa shape index (κ2) is 6.51. The Morgan fingerprint density at radius 3 is 2.50 bits per heavy atom. The largest absolute Gasteiger partial charge is 0.306 e. The number of aryl methyl sites for hydroxylation is 3. The van der Waals surface area contributed by atoms with E-state index in [9.17, 15) is 4.39 Å². The molecule has 1 aromatic heterocycles. The first-order chi connectivity index (χ1) is 9.52. The van der Waals surface area contributed by atoms with Crippen LogP contribution in [0.15, 0.2) is 24.3 Å². The number of hydrogen-bond donors (Lipinski definition) is 1. The zero-order valence-electron chi connectivity index (χ0n) is 12.6. The molecule has 0 saturated carbocycles. The van der Waals surface area contributed by atoms with Gasteiger partial charge in [-0.3, -0.25) is 0 Å². The van der Waals surface area contributed by atoms with Crippen molar-refractivity contribution in [1.82, 2.24) is 5.32 Å². The first kappa shape index (κ1) is 15.2. The highest BCUT2D eigenvalue weighted by molar-refractivity contribution is 7.12. The van der Waals surface area contributed by atoms with Crippen LogP contribution in [0.4, 0.5) is 4.39 Å². The van der Waals surface area contributed by atoms with Crippen molar-refractivity contribution < 1.29 is 4.39 Å². The molecular weight excluding hydrogens is 269 g/mol. The fraction of sp³-hybridized carbons (Fsp3) is 0.412. The summed E-state index contributed by atoms with van der Waals surface area (Å²) in [7, 11) is 0. The molecule has 0 amide bonds. The van der Waals surface area contributed by atoms with Crippen LogP contribution in [0.5, 0.6) is 0 Å². The van der Waals surface area contributed by atoms with Gasteiger partial charge in [0.05, 0.1) is 6.04 Å². The minimum absolute atomic E-state index is 0.0470. The average Bonchev–Trinajstić information content (AvgIpc) is 2.71. The lowest BCUT2D eigenvalue weighted by atomic mass is 10.0. The molecule has 0 fully saturated rings. The van der Waals surface area contributed by atoms with Gasteiger partial charge in [0, 0.05) is 15.3 Å². The van der Waals surface area contributed by atoms with Gasteiger partial charge >= 0.3 is 0 Å². The normalized spacial score (nSPS) is 12.7. The summed E-state index contributed by atoms with van der Waals surface area (Å²) in [6.07, 6.45) is 1.04. The number of thiophene rings is 1. The summed E-state index contributed by atoms with van der Waals surface area (Å²) >= 11 is 1.75. The third-order valence-electron chi connectivity index (χ3n) is 3.41. The SMILES string of the molecule is CCCNC(c1ccc(C)cc1F)c1sc(C)cc1C. The Morgan fingerprint density at radius 2 is 1.95 bits per heavy atom. The maximum atomic E-state index is 14.3. The molecular formula is C17H22FNS. The van der Waals surface area contributed by atoms with Crippen LogP contribution < -0.4 is 5.32 Å². The molecule has 2 rings (SSSR count). The summed E-state index contributed by atoms with van der Waals surface area (Å²) in [4.78, 5) is 2.49. The predicted octanol–water partition coefficient (Wildman–Crippen LogP) is 4.90. The Bertz CT molecular complexity index is 589. The molecule has 3 heteroatoms. The summed E-state index contributed by atoms with van der Waals surface area (Å²) in [5.41, 5.74) is 2.94. The van der Waals surface area contributed by atoms with E-state index in [1.807, 2.05) is 19.1 Å². The predicted molar refractivity (Wildman–Crippen MR) is 85.1 cm³/mol. The number of nitrogens with one attached hydrogen (secondary N) is 1. The molecule has 1 N–H and O–H groups in total. The van der Waals surface area contributed by atoms with Crippen molar-refractivity contribution in [3.05, 3.63) is 56.5 Å². The highest BCUT2D eigenvalue weighted by Crippen LogP contribution is 2.33. The van der Waals surface area contributed by atoms with Gasteiger partial charge in [0.15, 0.2) is 0 Å². The molecule has 1 unspecified atom stereocenters. The van der Waals surface area contributed by atoms with Gasteiger partial charge in [-0.15, -0.1) is 11.3 Å². The molecule has 0 aliphatic carbocycles. The number of benzene rings is 1.